The number of aromatic nitrogens is 1. The monoisotopic (exact) mass is 431 g/mol. The second-order valence-corrected chi connectivity index (χ2v) is 8.21. The van der Waals surface area contributed by atoms with Gasteiger partial charge in [-0.3, -0.25) is 4.79 Å². The van der Waals surface area contributed by atoms with Gasteiger partial charge in [-0.05, 0) is 49.4 Å². The number of pyridine rings is 1. The third-order valence-corrected chi connectivity index (χ3v) is 5.93. The van der Waals surface area contributed by atoms with Crippen LogP contribution in [0.25, 0.3) is 10.9 Å². The van der Waals surface area contributed by atoms with E-state index in [4.69, 9.17) is 9.72 Å². The summed E-state index contributed by atoms with van der Waals surface area (Å²) in [6.07, 6.45) is 3.12. The Morgan fingerprint density at radius 1 is 1.09 bits per heavy atom. The van der Waals surface area contributed by atoms with Crippen molar-refractivity contribution in [3.63, 3.8) is 0 Å². The Labute approximate surface area is 188 Å². The number of ether oxygens (including phenoxy) is 1. The highest BCUT2D eigenvalue weighted by Gasteiger charge is 2.23. The van der Waals surface area contributed by atoms with E-state index in [1.807, 2.05) is 49.4 Å². The molecule has 1 aliphatic rings. The molecule has 4 rings (SSSR count). The van der Waals surface area contributed by atoms with Gasteiger partial charge < -0.3 is 15.0 Å². The van der Waals surface area contributed by atoms with Gasteiger partial charge >= 0.3 is 5.97 Å². The predicted octanol–water partition coefficient (Wildman–Crippen LogP) is 4.43. The van der Waals surface area contributed by atoms with Gasteiger partial charge in [-0.15, -0.1) is 0 Å². The van der Waals surface area contributed by atoms with Crippen LogP contribution in [0.5, 0.6) is 0 Å². The fourth-order valence-corrected chi connectivity index (χ4v) is 4.04. The van der Waals surface area contributed by atoms with E-state index in [-0.39, 0.29) is 18.6 Å². The second-order valence-electron chi connectivity index (χ2n) is 8.21. The van der Waals surface area contributed by atoms with E-state index in [9.17, 15) is 9.59 Å². The van der Waals surface area contributed by atoms with E-state index in [0.29, 0.717) is 11.4 Å². The van der Waals surface area contributed by atoms with Crippen molar-refractivity contribution >= 4 is 28.6 Å². The van der Waals surface area contributed by atoms with Crippen LogP contribution in [-0.4, -0.2) is 36.6 Å². The Balaban J connectivity index is 1.43. The highest BCUT2D eigenvalue weighted by Crippen LogP contribution is 2.27. The van der Waals surface area contributed by atoms with Crippen LogP contribution in [0.4, 0.5) is 5.82 Å². The molecule has 2 aromatic carbocycles. The average Bonchev–Trinajstić information content (AvgIpc) is 3.36. The minimum absolute atomic E-state index is 0.172. The molecule has 3 aromatic rings. The maximum atomic E-state index is 12.9. The van der Waals surface area contributed by atoms with Crippen LogP contribution in [0.3, 0.4) is 0 Å². The van der Waals surface area contributed by atoms with E-state index in [2.05, 4.69) is 29.3 Å². The number of nitrogens with zero attached hydrogens (tertiary/aromatic N) is 2. The van der Waals surface area contributed by atoms with Crippen LogP contribution >= 0.6 is 0 Å². The lowest BCUT2D eigenvalue weighted by Crippen LogP contribution is -2.31. The lowest BCUT2D eigenvalue weighted by Gasteiger charge is -2.20. The van der Waals surface area contributed by atoms with Gasteiger partial charge in [-0.1, -0.05) is 49.4 Å². The van der Waals surface area contributed by atoms with Crippen molar-refractivity contribution in [3.05, 3.63) is 71.3 Å². The van der Waals surface area contributed by atoms with Gasteiger partial charge in [-0.25, -0.2) is 9.78 Å². The third-order valence-electron chi connectivity index (χ3n) is 5.93. The molecular weight excluding hydrogens is 402 g/mol. The number of carbonyl (C=O) groups excluding carboxylic acids is 2. The van der Waals surface area contributed by atoms with Crippen LogP contribution in [-0.2, 0) is 16.0 Å². The summed E-state index contributed by atoms with van der Waals surface area (Å²) in [5, 5.41) is 3.77. The van der Waals surface area contributed by atoms with Crippen molar-refractivity contribution in [2.24, 2.45) is 0 Å². The molecule has 0 spiro atoms. The largest absolute Gasteiger partial charge is 0.452 e. The molecule has 1 saturated heterocycles. The topological polar surface area (TPSA) is 71.5 Å². The molecule has 1 fully saturated rings. The number of carbonyl (C=O) groups is 2. The van der Waals surface area contributed by atoms with Crippen LogP contribution in [0.1, 0.15) is 54.2 Å². The smallest absolute Gasteiger partial charge is 0.342 e. The zero-order valence-electron chi connectivity index (χ0n) is 18.6. The first kappa shape index (κ1) is 21.8. The standard InChI is InChI=1S/C26H29N3O3/c1-3-19-10-12-20(13-11-19)18(2)27-24(30)17-32-26(31)22-16-21-8-4-5-9-23(21)28-25(22)29-14-6-7-15-29/h4-5,8-13,16,18H,3,6-7,14-15,17H2,1-2H3,(H,27,30). The minimum Gasteiger partial charge on any atom is -0.452 e. The number of aryl methyl sites for hydroxylation is 1. The van der Waals surface area contributed by atoms with Crippen molar-refractivity contribution in [2.75, 3.05) is 24.6 Å². The predicted molar refractivity (Wildman–Crippen MR) is 126 cm³/mol. The molecule has 1 N–H and O–H groups in total. The fourth-order valence-electron chi connectivity index (χ4n) is 4.04. The summed E-state index contributed by atoms with van der Waals surface area (Å²) >= 11 is 0. The first-order valence-corrected chi connectivity index (χ1v) is 11.2. The molecule has 0 bridgehead atoms. The Morgan fingerprint density at radius 2 is 1.81 bits per heavy atom. The summed E-state index contributed by atoms with van der Waals surface area (Å²) in [6, 6.07) is 17.5. The lowest BCUT2D eigenvalue weighted by atomic mass is 10.1. The molecule has 0 radical (unpaired) electrons. The molecule has 1 atom stereocenters. The highest BCUT2D eigenvalue weighted by molar-refractivity contribution is 6.00. The average molecular weight is 432 g/mol. The van der Waals surface area contributed by atoms with Gasteiger partial charge in [0, 0.05) is 18.5 Å². The first-order valence-electron chi connectivity index (χ1n) is 11.2. The Morgan fingerprint density at radius 3 is 2.53 bits per heavy atom. The fraction of sp³-hybridized carbons (Fsp3) is 0.346. The first-order chi connectivity index (χ1) is 15.5. The van der Waals surface area contributed by atoms with E-state index >= 15 is 0 Å². The minimum atomic E-state index is -0.528. The molecule has 1 amide bonds. The van der Waals surface area contributed by atoms with Crippen LogP contribution in [0, 0.1) is 0 Å². The number of hydrogen-bond acceptors (Lipinski definition) is 5. The molecule has 1 aliphatic heterocycles. The quantitative estimate of drug-likeness (QED) is 0.560. The Bertz CT molecular complexity index is 1110. The molecule has 0 aliphatic carbocycles. The summed E-state index contributed by atoms with van der Waals surface area (Å²) in [4.78, 5) is 32.2. The number of nitrogens with one attached hydrogen (secondary N) is 1. The molecule has 2 heterocycles. The summed E-state index contributed by atoms with van der Waals surface area (Å²) in [7, 11) is 0. The highest BCUT2D eigenvalue weighted by atomic mass is 16.5. The Kier molecular flexibility index (Phi) is 6.69. The van der Waals surface area contributed by atoms with Crippen molar-refractivity contribution in [1.82, 2.24) is 10.3 Å². The maximum Gasteiger partial charge on any atom is 0.342 e. The zero-order chi connectivity index (χ0) is 22.5. The number of fused-ring (bicyclic) bond motifs is 1. The zero-order valence-corrected chi connectivity index (χ0v) is 18.6. The van der Waals surface area contributed by atoms with Crippen LogP contribution in [0.15, 0.2) is 54.6 Å². The van der Waals surface area contributed by atoms with Gasteiger partial charge in [0.2, 0.25) is 0 Å². The van der Waals surface area contributed by atoms with E-state index in [1.54, 1.807) is 0 Å². The third kappa shape index (κ3) is 4.90. The van der Waals surface area contributed by atoms with E-state index in [1.165, 1.54) is 5.56 Å². The van der Waals surface area contributed by atoms with Crippen molar-refractivity contribution in [3.8, 4) is 0 Å². The molecule has 1 aromatic heterocycles. The number of rotatable bonds is 7. The Hall–Kier alpha value is -3.41. The molecule has 0 saturated carbocycles. The number of hydrogen-bond donors (Lipinski definition) is 1. The van der Waals surface area contributed by atoms with Gasteiger partial charge in [0.25, 0.3) is 5.91 Å². The number of anilines is 1. The van der Waals surface area contributed by atoms with E-state index < -0.39 is 5.97 Å². The van der Waals surface area contributed by atoms with Crippen LogP contribution < -0.4 is 10.2 Å². The summed E-state index contributed by atoms with van der Waals surface area (Å²) < 4.78 is 5.39. The normalized spacial score (nSPS) is 14.4. The number of amides is 1. The number of esters is 1. The lowest BCUT2D eigenvalue weighted by molar-refractivity contribution is -0.124. The summed E-state index contributed by atoms with van der Waals surface area (Å²) in [5.74, 6) is -0.224. The van der Waals surface area contributed by atoms with Crippen molar-refractivity contribution in [1.29, 1.82) is 0 Å². The molecule has 1 unspecified atom stereocenters. The maximum absolute atomic E-state index is 12.9. The molecule has 32 heavy (non-hydrogen) atoms. The molecule has 166 valence electrons. The second kappa shape index (κ2) is 9.81. The van der Waals surface area contributed by atoms with Gasteiger partial charge in [0.15, 0.2) is 6.61 Å². The van der Waals surface area contributed by atoms with Gasteiger partial charge in [-0.2, -0.15) is 0 Å². The van der Waals surface area contributed by atoms with Crippen molar-refractivity contribution in [2.45, 2.75) is 39.2 Å². The van der Waals surface area contributed by atoms with Crippen LogP contribution in [0.2, 0.25) is 0 Å². The summed E-state index contributed by atoms with van der Waals surface area (Å²) in [6.45, 7) is 5.41. The number of para-hydroxylation sites is 1. The summed E-state index contributed by atoms with van der Waals surface area (Å²) in [5.41, 5.74) is 3.50. The van der Waals surface area contributed by atoms with Crippen molar-refractivity contribution < 1.29 is 14.3 Å². The van der Waals surface area contributed by atoms with Gasteiger partial charge in [0.1, 0.15) is 11.4 Å². The van der Waals surface area contributed by atoms with E-state index in [0.717, 1.165) is 48.8 Å². The van der Waals surface area contributed by atoms with Gasteiger partial charge in [0.05, 0.1) is 11.6 Å². The molecule has 6 nitrogen and oxygen atoms in total. The molecular formula is C26H29N3O3. The SMILES string of the molecule is CCc1ccc(C(C)NC(=O)COC(=O)c2cc3ccccc3nc2N2CCCC2)cc1. The number of benzene rings is 2. The molecule has 6 heteroatoms.